The van der Waals surface area contributed by atoms with Crippen molar-refractivity contribution >= 4 is 7.59 Å². The van der Waals surface area contributed by atoms with E-state index >= 15 is 4.20 Å². The van der Waals surface area contributed by atoms with Gasteiger partial charge in [-0.05, 0) is 0 Å². The van der Waals surface area contributed by atoms with Crippen molar-refractivity contribution in [2.75, 3.05) is 0 Å². The summed E-state index contributed by atoms with van der Waals surface area (Å²) in [7, 11) is -7.79. The molecule has 0 spiro atoms. The molecule has 2 aromatic rings. The van der Waals surface area contributed by atoms with E-state index in [0.29, 0.717) is 11.1 Å². The van der Waals surface area contributed by atoms with Crippen LogP contribution in [-0.4, -0.2) is 10.8 Å². The average molecular weight is 547 g/mol. The van der Waals surface area contributed by atoms with Gasteiger partial charge in [-0.3, -0.25) is 0 Å². The summed E-state index contributed by atoms with van der Waals surface area (Å²) in [6.45, 7) is 22.5. The van der Waals surface area contributed by atoms with E-state index in [1.54, 1.807) is 65.8 Å². The van der Waals surface area contributed by atoms with Gasteiger partial charge in [0.25, 0.3) is 0 Å². The van der Waals surface area contributed by atoms with Crippen molar-refractivity contribution in [1.82, 2.24) is 0 Å². The molecule has 210 valence electrons. The fourth-order valence-corrected chi connectivity index (χ4v) is 5.03. The van der Waals surface area contributed by atoms with Gasteiger partial charge in [0.2, 0.25) is 0 Å². The molecule has 0 heterocycles. The molecule has 0 aliphatic rings. The van der Waals surface area contributed by atoms with Crippen molar-refractivity contribution < 1.29 is 31.3 Å². The minimum atomic E-state index is -7.79. The molecule has 0 aliphatic carbocycles. The summed E-state index contributed by atoms with van der Waals surface area (Å²) in [4.78, 5) is 10.9. The number of hydrogen-bond donors (Lipinski definition) is 1. The third-order valence-corrected chi connectivity index (χ3v) is 8.10. The van der Waals surface area contributed by atoms with Gasteiger partial charge >= 0.3 is 220 Å². The normalized spacial score (nSPS) is 15.2. The van der Waals surface area contributed by atoms with Gasteiger partial charge in [0, 0.05) is 0 Å². The number of halogens is 4. The van der Waals surface area contributed by atoms with Crippen LogP contribution in [0.1, 0.15) is 105 Å². The van der Waals surface area contributed by atoms with Crippen LogP contribution in [0.5, 0.6) is 11.5 Å². The molecule has 0 bridgehead atoms. The topological polar surface area (TPSA) is 38.7 Å². The zero-order chi connectivity index (χ0) is 29.1. The molecular weight excluding hydrogens is 503 g/mol. The molecule has 3 nitrogen and oxygen atoms in total. The Bertz CT molecular complexity index is 1060. The number of benzene rings is 2. The van der Waals surface area contributed by atoms with Gasteiger partial charge in [-0.2, -0.15) is 0 Å². The first-order chi connectivity index (χ1) is 16.2. The molecule has 8 heteroatoms. The van der Waals surface area contributed by atoms with Gasteiger partial charge in [-0.15, -0.1) is 0 Å². The first kappa shape index (κ1) is 31.4. The molecule has 0 saturated carbocycles. The van der Waals surface area contributed by atoms with Crippen molar-refractivity contribution in [3.8, 4) is 11.5 Å². The van der Waals surface area contributed by atoms with Crippen molar-refractivity contribution in [3.63, 3.8) is 0 Å². The van der Waals surface area contributed by atoms with E-state index in [2.05, 4.69) is 0 Å². The monoisotopic (exact) mass is 546 g/mol. The Hall–Kier alpha value is -1.85. The summed E-state index contributed by atoms with van der Waals surface area (Å²) in [5, 5.41) is 0. The van der Waals surface area contributed by atoms with Crippen molar-refractivity contribution in [2.45, 2.75) is 111 Å². The van der Waals surface area contributed by atoms with E-state index in [-0.39, 0.29) is 10.8 Å². The summed E-state index contributed by atoms with van der Waals surface area (Å²) in [5.74, 6) is -6.66. The third-order valence-electron chi connectivity index (χ3n) is 6.24. The molecule has 0 aliphatic heterocycles. The number of alkyl halides is 3. The Kier molecular flexibility index (Phi) is 7.73. The van der Waals surface area contributed by atoms with Gasteiger partial charge in [-0.1, -0.05) is 0 Å². The summed E-state index contributed by atoms with van der Waals surface area (Å²) in [5.41, 5.74) is 0.284. The molecule has 2 aromatic carbocycles. The quantitative estimate of drug-likeness (QED) is 0.306. The van der Waals surface area contributed by atoms with Crippen molar-refractivity contribution in [3.05, 3.63) is 58.7 Å². The second-order valence-electron chi connectivity index (χ2n) is 13.9. The second-order valence-corrected chi connectivity index (χ2v) is 16.4. The van der Waals surface area contributed by atoms with E-state index in [9.17, 15) is 18.1 Å². The van der Waals surface area contributed by atoms with Crippen molar-refractivity contribution in [1.29, 1.82) is 0 Å². The Morgan fingerprint density at radius 1 is 0.568 bits per heavy atom. The zero-order valence-corrected chi connectivity index (χ0v) is 25.1. The van der Waals surface area contributed by atoms with E-state index in [4.69, 9.17) is 9.05 Å². The maximum absolute atomic E-state index is 16.3. The Labute approximate surface area is 219 Å². The molecule has 0 amide bonds. The predicted octanol–water partition coefficient (Wildman–Crippen LogP) is 10.0. The van der Waals surface area contributed by atoms with Crippen LogP contribution in [0.25, 0.3) is 0 Å². The van der Waals surface area contributed by atoms with E-state index < -0.39 is 35.8 Å². The first-order valence-corrected chi connectivity index (χ1v) is 14.3. The summed E-state index contributed by atoms with van der Waals surface area (Å²) in [6, 6.07) is 9.11. The van der Waals surface area contributed by atoms with Crippen LogP contribution in [0, 0.1) is 0 Å². The average Bonchev–Trinajstić information content (AvgIpc) is 2.63. The van der Waals surface area contributed by atoms with Crippen LogP contribution in [0.2, 0.25) is 0 Å². The molecule has 0 aromatic heterocycles. The Morgan fingerprint density at radius 2 is 0.865 bits per heavy atom. The molecule has 0 radical (unpaired) electrons. The molecule has 37 heavy (non-hydrogen) atoms. The van der Waals surface area contributed by atoms with Gasteiger partial charge in [0.05, 0.1) is 0 Å². The summed E-state index contributed by atoms with van der Waals surface area (Å²) < 4.78 is 69.6. The van der Waals surface area contributed by atoms with Gasteiger partial charge in [0.1, 0.15) is 0 Å². The van der Waals surface area contributed by atoms with E-state index in [1.165, 1.54) is 12.1 Å². The van der Waals surface area contributed by atoms with Gasteiger partial charge in [0.15, 0.2) is 0 Å². The van der Waals surface area contributed by atoms with Gasteiger partial charge in [-0.25, -0.2) is 0 Å². The van der Waals surface area contributed by atoms with Crippen molar-refractivity contribution in [2.24, 2.45) is 0 Å². The second kappa shape index (κ2) is 9.12. The minimum absolute atomic E-state index is 0.310. The third kappa shape index (κ3) is 6.78. The van der Waals surface area contributed by atoms with Crippen LogP contribution >= 0.6 is 7.59 Å². The van der Waals surface area contributed by atoms with Crippen LogP contribution < -0.4 is 9.05 Å². The van der Waals surface area contributed by atoms with Crippen LogP contribution in [0.4, 0.5) is 17.4 Å². The summed E-state index contributed by atoms with van der Waals surface area (Å²) >= 11 is 0. The zero-order valence-electron chi connectivity index (χ0n) is 24.2. The molecule has 2 rings (SSSR count). The fourth-order valence-electron chi connectivity index (χ4n) is 3.79. The standard InChI is InChI=1S/C29H43F4O3P/c1-25(2,3)19-13-15-23(21(17-19)27(7,8)9)35-37(33,34,29(30,31)32)36-24-16-14-20(26(4,5)6)18-22(24)28(10,11)12/h13-18,34H,1-12H3. The van der Waals surface area contributed by atoms with Gasteiger partial charge < -0.3 is 0 Å². The molecule has 1 N–H and O–H groups in total. The number of hydrogen-bond acceptors (Lipinski definition) is 3. The maximum atomic E-state index is 16.3. The number of rotatable bonds is 4. The van der Waals surface area contributed by atoms with Crippen LogP contribution in [-0.2, 0) is 21.7 Å². The predicted molar refractivity (Wildman–Crippen MR) is 145 cm³/mol. The SMILES string of the molecule is CC(C)(C)c1ccc(OP(O)(F)(Oc2ccc(C(C)(C)C)cc2C(C)(C)C)C(F)(F)F)c(C(C)(C)C)c1. The molecule has 0 atom stereocenters. The molecule has 0 saturated heterocycles. The Balaban J connectivity index is 2.77. The van der Waals surface area contributed by atoms with E-state index in [0.717, 1.165) is 11.1 Å². The fraction of sp³-hybridized carbons (Fsp3) is 0.586. The molecule has 0 fully saturated rings. The van der Waals surface area contributed by atoms with Crippen LogP contribution in [0.15, 0.2) is 36.4 Å². The van der Waals surface area contributed by atoms with Crippen LogP contribution in [0.3, 0.4) is 0 Å². The summed E-state index contributed by atoms with van der Waals surface area (Å²) in [6.07, 6.45) is 0. The first-order valence-electron chi connectivity index (χ1n) is 12.4. The van der Waals surface area contributed by atoms with E-state index in [1.807, 2.05) is 41.5 Å². The Morgan fingerprint density at radius 3 is 1.08 bits per heavy atom. The molecular formula is C29H43F4O3P. The molecule has 0 unspecified atom stereocenters.